The van der Waals surface area contributed by atoms with Crippen molar-refractivity contribution in [1.82, 2.24) is 4.90 Å². The average molecular weight is 436 g/mol. The van der Waals surface area contributed by atoms with E-state index in [2.05, 4.69) is 0 Å². The fourth-order valence-electron chi connectivity index (χ4n) is 4.48. The van der Waals surface area contributed by atoms with Gasteiger partial charge >= 0.3 is 17.8 Å². The molecule has 3 rings (SSSR count). The highest BCUT2D eigenvalue weighted by atomic mass is 16.4. The number of amides is 1. The molecular formula is C26H29NO5. The molecular weight excluding hydrogens is 406 g/mol. The third-order valence-electron chi connectivity index (χ3n) is 6.11. The highest BCUT2D eigenvalue weighted by molar-refractivity contribution is 6.31. The SMILES string of the molecule is O=C(O)C=Cc1ccc(C(CN(Cc2ccccc2)C(=O)C(=O)O)C2CCCCC2)cc1. The third kappa shape index (κ3) is 6.54. The molecule has 2 aromatic carbocycles. The second-order valence-corrected chi connectivity index (χ2v) is 8.32. The Morgan fingerprint density at radius 1 is 0.938 bits per heavy atom. The van der Waals surface area contributed by atoms with E-state index in [0.717, 1.165) is 48.4 Å². The van der Waals surface area contributed by atoms with Crippen LogP contribution in [0.2, 0.25) is 0 Å². The van der Waals surface area contributed by atoms with E-state index >= 15 is 0 Å². The quantitative estimate of drug-likeness (QED) is 0.468. The number of carboxylic acids is 2. The number of carboxylic acid groups (broad SMARTS) is 2. The maximum Gasteiger partial charge on any atom is 0.394 e. The zero-order valence-corrected chi connectivity index (χ0v) is 18.0. The van der Waals surface area contributed by atoms with Crippen LogP contribution in [0, 0.1) is 5.92 Å². The number of rotatable bonds is 8. The third-order valence-corrected chi connectivity index (χ3v) is 6.11. The van der Waals surface area contributed by atoms with E-state index in [1.807, 2.05) is 54.6 Å². The Morgan fingerprint density at radius 3 is 2.19 bits per heavy atom. The zero-order valence-electron chi connectivity index (χ0n) is 18.0. The number of hydrogen-bond acceptors (Lipinski definition) is 3. The van der Waals surface area contributed by atoms with Crippen molar-refractivity contribution in [3.8, 4) is 0 Å². The Hall–Kier alpha value is -3.41. The molecule has 1 aliphatic rings. The van der Waals surface area contributed by atoms with Crippen LogP contribution in [-0.2, 0) is 20.9 Å². The molecule has 0 aliphatic heterocycles. The molecule has 0 saturated heterocycles. The van der Waals surface area contributed by atoms with Crippen LogP contribution in [0.25, 0.3) is 6.08 Å². The van der Waals surface area contributed by atoms with Gasteiger partial charge in [-0.05, 0) is 41.5 Å². The molecule has 1 aliphatic carbocycles. The number of aliphatic carboxylic acids is 2. The average Bonchev–Trinajstić information content (AvgIpc) is 2.81. The predicted octanol–water partition coefficient (Wildman–Crippen LogP) is 4.56. The van der Waals surface area contributed by atoms with Gasteiger partial charge in [-0.2, -0.15) is 0 Å². The normalized spacial score (nSPS) is 15.4. The lowest BCUT2D eigenvalue weighted by atomic mass is 9.76. The van der Waals surface area contributed by atoms with Crippen molar-refractivity contribution in [1.29, 1.82) is 0 Å². The van der Waals surface area contributed by atoms with Crippen molar-refractivity contribution in [3.63, 3.8) is 0 Å². The molecule has 168 valence electrons. The number of nitrogens with zero attached hydrogens (tertiary/aromatic N) is 1. The minimum Gasteiger partial charge on any atom is -0.478 e. The molecule has 32 heavy (non-hydrogen) atoms. The van der Waals surface area contributed by atoms with Crippen LogP contribution in [0.4, 0.5) is 0 Å². The van der Waals surface area contributed by atoms with Crippen LogP contribution in [0.3, 0.4) is 0 Å². The van der Waals surface area contributed by atoms with Crippen LogP contribution in [0.15, 0.2) is 60.7 Å². The van der Waals surface area contributed by atoms with Gasteiger partial charge in [-0.1, -0.05) is 73.9 Å². The summed E-state index contributed by atoms with van der Waals surface area (Å²) in [5, 5.41) is 18.3. The van der Waals surface area contributed by atoms with Crippen LogP contribution in [0.1, 0.15) is 54.7 Å². The minimum atomic E-state index is -1.45. The fourth-order valence-corrected chi connectivity index (χ4v) is 4.48. The van der Waals surface area contributed by atoms with Crippen molar-refractivity contribution in [2.75, 3.05) is 6.54 Å². The lowest BCUT2D eigenvalue weighted by molar-refractivity contribution is -0.156. The fraction of sp³-hybridized carbons (Fsp3) is 0.346. The molecule has 0 spiro atoms. The predicted molar refractivity (Wildman–Crippen MR) is 122 cm³/mol. The summed E-state index contributed by atoms with van der Waals surface area (Å²) in [5.41, 5.74) is 2.71. The molecule has 1 amide bonds. The second kappa shape index (κ2) is 11.3. The maximum atomic E-state index is 12.6. The molecule has 2 N–H and O–H groups in total. The molecule has 6 heteroatoms. The highest BCUT2D eigenvalue weighted by Crippen LogP contribution is 2.37. The summed E-state index contributed by atoms with van der Waals surface area (Å²) in [7, 11) is 0. The molecule has 1 fully saturated rings. The molecule has 0 radical (unpaired) electrons. The van der Waals surface area contributed by atoms with Crippen LogP contribution >= 0.6 is 0 Å². The molecule has 1 saturated carbocycles. The number of hydrogen-bond donors (Lipinski definition) is 2. The van der Waals surface area contributed by atoms with Crippen molar-refractivity contribution < 1.29 is 24.6 Å². The van der Waals surface area contributed by atoms with Gasteiger partial charge in [0.05, 0.1) is 0 Å². The molecule has 0 bridgehead atoms. The number of carbonyl (C=O) groups excluding carboxylic acids is 1. The van der Waals surface area contributed by atoms with Crippen LogP contribution < -0.4 is 0 Å². The lowest BCUT2D eigenvalue weighted by Crippen LogP contribution is -2.40. The Kier molecular flexibility index (Phi) is 8.20. The van der Waals surface area contributed by atoms with Crippen molar-refractivity contribution >= 4 is 23.9 Å². The van der Waals surface area contributed by atoms with E-state index in [1.165, 1.54) is 17.4 Å². The molecule has 0 heterocycles. The summed E-state index contributed by atoms with van der Waals surface area (Å²) in [6.07, 6.45) is 8.19. The van der Waals surface area contributed by atoms with Crippen molar-refractivity contribution in [2.24, 2.45) is 5.92 Å². The summed E-state index contributed by atoms with van der Waals surface area (Å²) >= 11 is 0. The Morgan fingerprint density at radius 2 is 1.59 bits per heavy atom. The molecule has 2 aromatic rings. The smallest absolute Gasteiger partial charge is 0.394 e. The van der Waals surface area contributed by atoms with Crippen molar-refractivity contribution in [2.45, 2.75) is 44.6 Å². The molecule has 1 atom stereocenters. The zero-order chi connectivity index (χ0) is 22.9. The first-order chi connectivity index (χ1) is 15.4. The first kappa shape index (κ1) is 23.3. The first-order valence-corrected chi connectivity index (χ1v) is 11.0. The Bertz CT molecular complexity index is 946. The highest BCUT2D eigenvalue weighted by Gasteiger charge is 2.30. The number of carbonyl (C=O) groups is 3. The van der Waals surface area contributed by atoms with Gasteiger partial charge in [0.2, 0.25) is 0 Å². The van der Waals surface area contributed by atoms with Gasteiger partial charge in [-0.15, -0.1) is 0 Å². The monoisotopic (exact) mass is 435 g/mol. The van der Waals surface area contributed by atoms with Gasteiger partial charge in [0.15, 0.2) is 0 Å². The standard InChI is InChI=1S/C26H29NO5/c28-24(29)16-13-19-11-14-22(15-12-19)23(21-9-5-2-6-10-21)18-27(25(30)26(31)32)17-20-7-3-1-4-8-20/h1,3-4,7-8,11-16,21,23H,2,5-6,9-10,17-18H2,(H,28,29)(H,31,32). The molecule has 1 unspecified atom stereocenters. The topological polar surface area (TPSA) is 94.9 Å². The van der Waals surface area contributed by atoms with Gasteiger partial charge in [-0.3, -0.25) is 4.79 Å². The first-order valence-electron chi connectivity index (χ1n) is 11.0. The Labute approximate surface area is 188 Å². The lowest BCUT2D eigenvalue weighted by Gasteiger charge is -2.34. The maximum absolute atomic E-state index is 12.6. The van der Waals surface area contributed by atoms with Gasteiger partial charge in [0.25, 0.3) is 0 Å². The van der Waals surface area contributed by atoms with E-state index in [4.69, 9.17) is 5.11 Å². The largest absolute Gasteiger partial charge is 0.478 e. The van der Waals surface area contributed by atoms with E-state index in [1.54, 1.807) is 0 Å². The van der Waals surface area contributed by atoms with Gasteiger partial charge in [0, 0.05) is 25.1 Å². The van der Waals surface area contributed by atoms with E-state index < -0.39 is 17.8 Å². The van der Waals surface area contributed by atoms with Gasteiger partial charge in [-0.25, -0.2) is 9.59 Å². The van der Waals surface area contributed by atoms with Gasteiger partial charge < -0.3 is 15.1 Å². The molecule has 6 nitrogen and oxygen atoms in total. The number of benzene rings is 2. The summed E-state index contributed by atoms with van der Waals surface area (Å²) in [4.78, 5) is 36.3. The summed E-state index contributed by atoms with van der Waals surface area (Å²) in [6.45, 7) is 0.573. The van der Waals surface area contributed by atoms with Crippen LogP contribution in [0.5, 0.6) is 0 Å². The van der Waals surface area contributed by atoms with E-state index in [0.29, 0.717) is 12.5 Å². The minimum absolute atomic E-state index is 0.0137. The summed E-state index contributed by atoms with van der Waals surface area (Å²) in [5.74, 6) is -2.96. The second-order valence-electron chi connectivity index (χ2n) is 8.32. The van der Waals surface area contributed by atoms with Crippen molar-refractivity contribution in [3.05, 3.63) is 77.4 Å². The summed E-state index contributed by atoms with van der Waals surface area (Å²) in [6, 6.07) is 17.1. The van der Waals surface area contributed by atoms with E-state index in [9.17, 15) is 19.5 Å². The Balaban J connectivity index is 1.88. The van der Waals surface area contributed by atoms with Gasteiger partial charge in [0.1, 0.15) is 0 Å². The van der Waals surface area contributed by atoms with E-state index in [-0.39, 0.29) is 12.5 Å². The summed E-state index contributed by atoms with van der Waals surface area (Å²) < 4.78 is 0. The van der Waals surface area contributed by atoms with Crippen LogP contribution in [-0.4, -0.2) is 39.5 Å². The molecule has 0 aromatic heterocycles.